The second-order valence-electron chi connectivity index (χ2n) is 5.94. The number of carbonyl (C=O) groups is 1. The Hall–Kier alpha value is -3.27. The second kappa shape index (κ2) is 7.39. The molecule has 0 fully saturated rings. The molecule has 28 heavy (non-hydrogen) atoms. The third-order valence-electron chi connectivity index (χ3n) is 3.86. The number of benzene rings is 1. The maximum absolute atomic E-state index is 13.4. The lowest BCUT2D eigenvalue weighted by molar-refractivity contribution is -0.116. The minimum atomic E-state index is -0.380. The zero-order valence-corrected chi connectivity index (χ0v) is 16.1. The predicted octanol–water partition coefficient (Wildman–Crippen LogP) is 4.04. The summed E-state index contributed by atoms with van der Waals surface area (Å²) in [6.07, 6.45) is 1.72. The molecular formula is C18H13BrFN5O3. The number of aromatic nitrogens is 4. The van der Waals surface area contributed by atoms with Crippen LogP contribution in [0.2, 0.25) is 0 Å². The first kappa shape index (κ1) is 18.1. The molecule has 10 heteroatoms. The van der Waals surface area contributed by atoms with Gasteiger partial charge in [-0.1, -0.05) is 10.3 Å². The Labute approximate surface area is 166 Å². The molecular weight excluding hydrogens is 433 g/mol. The highest BCUT2D eigenvalue weighted by molar-refractivity contribution is 9.10. The zero-order chi connectivity index (χ0) is 19.7. The topological polar surface area (TPSA) is 99.0 Å². The van der Waals surface area contributed by atoms with Crippen LogP contribution in [0.1, 0.15) is 5.76 Å². The van der Waals surface area contributed by atoms with Gasteiger partial charge in [-0.2, -0.15) is 4.98 Å². The van der Waals surface area contributed by atoms with Crippen LogP contribution in [-0.4, -0.2) is 25.8 Å². The van der Waals surface area contributed by atoms with Crippen molar-refractivity contribution in [1.82, 2.24) is 19.9 Å². The van der Waals surface area contributed by atoms with Gasteiger partial charge in [0.05, 0.1) is 4.47 Å². The SMILES string of the molecule is Cc1cc(NC(=O)Cn2cccc2-c2nc(-c3ccc(F)c(Br)c3)no2)no1. The molecule has 0 aliphatic heterocycles. The van der Waals surface area contributed by atoms with Crippen molar-refractivity contribution in [2.45, 2.75) is 13.5 Å². The van der Waals surface area contributed by atoms with E-state index in [4.69, 9.17) is 9.05 Å². The molecule has 0 saturated heterocycles. The Morgan fingerprint density at radius 2 is 2.11 bits per heavy atom. The zero-order valence-electron chi connectivity index (χ0n) is 14.5. The van der Waals surface area contributed by atoms with Gasteiger partial charge < -0.3 is 18.9 Å². The summed E-state index contributed by atoms with van der Waals surface area (Å²) in [5.74, 6) is 0.833. The molecule has 0 spiro atoms. The molecule has 1 N–H and O–H groups in total. The quantitative estimate of drug-likeness (QED) is 0.497. The van der Waals surface area contributed by atoms with Gasteiger partial charge in [0.25, 0.3) is 5.89 Å². The second-order valence-corrected chi connectivity index (χ2v) is 6.80. The van der Waals surface area contributed by atoms with E-state index in [0.717, 1.165) is 0 Å². The van der Waals surface area contributed by atoms with Crippen LogP contribution in [0.15, 0.2) is 56.1 Å². The van der Waals surface area contributed by atoms with E-state index >= 15 is 0 Å². The molecule has 8 nitrogen and oxygen atoms in total. The fourth-order valence-corrected chi connectivity index (χ4v) is 2.97. The average Bonchev–Trinajstić information content (AvgIpc) is 3.38. The lowest BCUT2D eigenvalue weighted by Crippen LogP contribution is -2.19. The lowest BCUT2D eigenvalue weighted by atomic mass is 10.2. The molecule has 0 aliphatic rings. The summed E-state index contributed by atoms with van der Waals surface area (Å²) >= 11 is 3.13. The number of halogens is 2. The molecule has 0 saturated carbocycles. The maximum Gasteiger partial charge on any atom is 0.274 e. The van der Waals surface area contributed by atoms with Crippen molar-refractivity contribution in [1.29, 1.82) is 0 Å². The number of nitrogens with one attached hydrogen (secondary N) is 1. The molecule has 0 bridgehead atoms. The predicted molar refractivity (Wildman–Crippen MR) is 101 cm³/mol. The number of amides is 1. The molecule has 0 atom stereocenters. The van der Waals surface area contributed by atoms with Gasteiger partial charge in [0.15, 0.2) is 5.82 Å². The first-order valence-electron chi connectivity index (χ1n) is 8.17. The van der Waals surface area contributed by atoms with Gasteiger partial charge in [0, 0.05) is 17.8 Å². The molecule has 4 rings (SSSR count). The molecule has 3 aromatic heterocycles. The summed E-state index contributed by atoms with van der Waals surface area (Å²) in [7, 11) is 0. The number of aryl methyl sites for hydroxylation is 1. The van der Waals surface area contributed by atoms with Crippen molar-refractivity contribution >= 4 is 27.7 Å². The van der Waals surface area contributed by atoms with Gasteiger partial charge >= 0.3 is 0 Å². The smallest absolute Gasteiger partial charge is 0.274 e. The van der Waals surface area contributed by atoms with E-state index in [1.54, 1.807) is 48.0 Å². The fraction of sp³-hybridized carbons (Fsp3) is 0.111. The number of carbonyl (C=O) groups excluding carboxylic acids is 1. The summed E-state index contributed by atoms with van der Waals surface area (Å²) in [5.41, 5.74) is 1.17. The van der Waals surface area contributed by atoms with Crippen molar-refractivity contribution in [2.75, 3.05) is 5.32 Å². The molecule has 142 valence electrons. The van der Waals surface area contributed by atoms with E-state index in [1.165, 1.54) is 6.07 Å². The Morgan fingerprint density at radius 1 is 1.25 bits per heavy atom. The van der Waals surface area contributed by atoms with E-state index in [0.29, 0.717) is 33.1 Å². The van der Waals surface area contributed by atoms with E-state index in [1.807, 2.05) is 0 Å². The van der Waals surface area contributed by atoms with E-state index in [2.05, 4.69) is 36.5 Å². The van der Waals surface area contributed by atoms with Crippen LogP contribution in [0.5, 0.6) is 0 Å². The van der Waals surface area contributed by atoms with Crippen molar-refractivity contribution in [2.24, 2.45) is 0 Å². The number of nitrogens with zero attached hydrogens (tertiary/aromatic N) is 4. The summed E-state index contributed by atoms with van der Waals surface area (Å²) in [4.78, 5) is 16.6. The first-order valence-corrected chi connectivity index (χ1v) is 8.97. The summed E-state index contributed by atoms with van der Waals surface area (Å²) in [6.45, 7) is 1.76. The number of hydrogen-bond donors (Lipinski definition) is 1. The van der Waals surface area contributed by atoms with Gasteiger partial charge in [-0.3, -0.25) is 4.79 Å². The van der Waals surface area contributed by atoms with Crippen LogP contribution in [0.25, 0.3) is 23.0 Å². The largest absolute Gasteiger partial charge is 0.360 e. The molecule has 0 radical (unpaired) electrons. The van der Waals surface area contributed by atoms with Gasteiger partial charge in [0.1, 0.15) is 23.8 Å². The maximum atomic E-state index is 13.4. The van der Waals surface area contributed by atoms with E-state index in [9.17, 15) is 9.18 Å². The van der Waals surface area contributed by atoms with Crippen molar-refractivity contribution in [3.63, 3.8) is 0 Å². The van der Waals surface area contributed by atoms with E-state index < -0.39 is 0 Å². The summed E-state index contributed by atoms with van der Waals surface area (Å²) < 4.78 is 25.6. The molecule has 3 heterocycles. The first-order chi connectivity index (χ1) is 13.5. The van der Waals surface area contributed by atoms with Gasteiger partial charge in [-0.15, -0.1) is 0 Å². The molecule has 1 aromatic carbocycles. The van der Waals surface area contributed by atoms with Crippen LogP contribution in [0, 0.1) is 12.7 Å². The van der Waals surface area contributed by atoms with Crippen molar-refractivity contribution in [3.8, 4) is 23.0 Å². The number of rotatable bonds is 5. The Balaban J connectivity index is 1.53. The van der Waals surface area contributed by atoms with Crippen molar-refractivity contribution < 1.29 is 18.2 Å². The highest BCUT2D eigenvalue weighted by atomic mass is 79.9. The summed E-state index contributed by atoms with van der Waals surface area (Å²) in [5, 5.41) is 10.3. The molecule has 4 aromatic rings. The van der Waals surface area contributed by atoms with E-state index in [-0.39, 0.29) is 24.2 Å². The van der Waals surface area contributed by atoms with Crippen LogP contribution < -0.4 is 5.32 Å². The number of anilines is 1. The molecule has 1 amide bonds. The van der Waals surface area contributed by atoms with Gasteiger partial charge in [0.2, 0.25) is 11.7 Å². The van der Waals surface area contributed by atoms with Crippen LogP contribution in [0.4, 0.5) is 10.2 Å². The Kier molecular flexibility index (Phi) is 4.78. The minimum Gasteiger partial charge on any atom is -0.360 e. The van der Waals surface area contributed by atoms with Crippen molar-refractivity contribution in [3.05, 3.63) is 58.6 Å². The molecule has 0 aliphatic carbocycles. The highest BCUT2D eigenvalue weighted by Gasteiger charge is 2.16. The van der Waals surface area contributed by atoms with Crippen LogP contribution in [0.3, 0.4) is 0 Å². The fourth-order valence-electron chi connectivity index (χ4n) is 2.59. The highest BCUT2D eigenvalue weighted by Crippen LogP contribution is 2.26. The third-order valence-corrected chi connectivity index (χ3v) is 4.47. The third kappa shape index (κ3) is 3.72. The average molecular weight is 446 g/mol. The van der Waals surface area contributed by atoms with Crippen LogP contribution in [-0.2, 0) is 11.3 Å². The van der Waals surface area contributed by atoms with Crippen LogP contribution >= 0.6 is 15.9 Å². The Bertz CT molecular complexity index is 1150. The Morgan fingerprint density at radius 3 is 2.86 bits per heavy atom. The number of hydrogen-bond acceptors (Lipinski definition) is 6. The lowest BCUT2D eigenvalue weighted by Gasteiger charge is -2.05. The molecule has 0 unspecified atom stereocenters. The van der Waals surface area contributed by atoms with Gasteiger partial charge in [-0.25, -0.2) is 4.39 Å². The summed E-state index contributed by atoms with van der Waals surface area (Å²) in [6, 6.07) is 9.58. The normalized spacial score (nSPS) is 11.0. The standard InChI is InChI=1S/C18H13BrFN5O3/c1-10-7-15(23-27-10)21-16(26)9-25-6-2-3-14(25)18-22-17(24-28-18)11-4-5-13(20)12(19)8-11/h2-8H,9H2,1H3,(H,21,23,26). The minimum absolute atomic E-state index is 0.0219. The van der Waals surface area contributed by atoms with Gasteiger partial charge in [-0.05, 0) is 53.2 Å². The monoisotopic (exact) mass is 445 g/mol.